The Morgan fingerprint density at radius 1 is 0.923 bits per heavy atom. The Morgan fingerprint density at radius 2 is 1.58 bits per heavy atom. The van der Waals surface area contributed by atoms with Crippen LogP contribution in [0.3, 0.4) is 0 Å². The average Bonchev–Trinajstić information content (AvgIpc) is 2.96. The van der Waals surface area contributed by atoms with E-state index < -0.39 is 0 Å². The maximum absolute atomic E-state index is 12.6. The third-order valence-corrected chi connectivity index (χ3v) is 3.82. The molecule has 3 aromatic rings. The van der Waals surface area contributed by atoms with Crippen molar-refractivity contribution in [2.24, 2.45) is 0 Å². The van der Waals surface area contributed by atoms with Gasteiger partial charge in [0.15, 0.2) is 0 Å². The highest BCUT2D eigenvalue weighted by molar-refractivity contribution is 6.04. The lowest BCUT2D eigenvalue weighted by Gasteiger charge is -2.10. The fourth-order valence-corrected chi connectivity index (χ4v) is 2.57. The van der Waals surface area contributed by atoms with E-state index in [1.807, 2.05) is 44.2 Å². The van der Waals surface area contributed by atoms with Gasteiger partial charge in [-0.05, 0) is 50.2 Å². The molecule has 0 aliphatic heterocycles. The lowest BCUT2D eigenvalue weighted by molar-refractivity contribution is -0.114. The van der Waals surface area contributed by atoms with Gasteiger partial charge in [0.2, 0.25) is 5.91 Å². The number of carbonyl (C=O) groups excluding carboxylic acids is 2. The molecule has 0 bridgehead atoms. The Balaban J connectivity index is 1.81. The van der Waals surface area contributed by atoms with E-state index in [0.29, 0.717) is 17.1 Å². The van der Waals surface area contributed by atoms with Crippen molar-refractivity contribution in [3.05, 3.63) is 71.4 Å². The number of aromatic nitrogens is 2. The summed E-state index contributed by atoms with van der Waals surface area (Å²) >= 11 is 0. The molecule has 0 aliphatic carbocycles. The van der Waals surface area contributed by atoms with E-state index >= 15 is 0 Å². The fraction of sp³-hybridized carbons (Fsp3) is 0.150. The predicted octanol–water partition coefficient (Wildman–Crippen LogP) is 3.70. The van der Waals surface area contributed by atoms with Gasteiger partial charge >= 0.3 is 0 Å². The van der Waals surface area contributed by atoms with E-state index in [4.69, 9.17) is 0 Å². The molecular weight excluding hydrogens is 328 g/mol. The van der Waals surface area contributed by atoms with Crippen molar-refractivity contribution in [1.29, 1.82) is 0 Å². The average molecular weight is 348 g/mol. The number of hydrogen-bond acceptors (Lipinski definition) is 3. The first-order valence-electron chi connectivity index (χ1n) is 8.25. The second kappa shape index (κ2) is 7.23. The minimum atomic E-state index is -0.243. The minimum Gasteiger partial charge on any atom is -0.326 e. The predicted molar refractivity (Wildman–Crippen MR) is 102 cm³/mol. The van der Waals surface area contributed by atoms with Gasteiger partial charge in [-0.2, -0.15) is 5.10 Å². The van der Waals surface area contributed by atoms with Gasteiger partial charge in [-0.3, -0.25) is 9.59 Å². The first-order valence-corrected chi connectivity index (χ1v) is 8.25. The molecule has 1 heterocycles. The molecule has 0 unspecified atom stereocenters. The Labute approximate surface area is 151 Å². The van der Waals surface area contributed by atoms with Crippen molar-refractivity contribution in [3.63, 3.8) is 0 Å². The van der Waals surface area contributed by atoms with E-state index in [2.05, 4.69) is 15.7 Å². The standard InChI is InChI=1S/C20H20N4O2/c1-13-4-10-18(11-5-13)24-19(12-14(2)23-24)22-20(26)16-6-8-17(9-7-16)21-15(3)25/h4-12H,1-3H3,(H,21,25)(H,22,26). The summed E-state index contributed by atoms with van der Waals surface area (Å²) in [6, 6.07) is 16.5. The van der Waals surface area contributed by atoms with Crippen LogP contribution in [0.25, 0.3) is 5.69 Å². The van der Waals surface area contributed by atoms with E-state index in [9.17, 15) is 9.59 Å². The van der Waals surface area contributed by atoms with Crippen LogP contribution in [0.5, 0.6) is 0 Å². The number of benzene rings is 2. The lowest BCUT2D eigenvalue weighted by atomic mass is 10.2. The van der Waals surface area contributed by atoms with Crippen molar-refractivity contribution in [3.8, 4) is 5.69 Å². The van der Waals surface area contributed by atoms with Gasteiger partial charge in [0.25, 0.3) is 5.91 Å². The molecular formula is C20H20N4O2. The topological polar surface area (TPSA) is 76.0 Å². The Kier molecular flexibility index (Phi) is 4.84. The zero-order valence-electron chi connectivity index (χ0n) is 14.9. The molecule has 3 rings (SSSR count). The second-order valence-electron chi connectivity index (χ2n) is 6.13. The number of nitrogens with zero attached hydrogens (tertiary/aromatic N) is 2. The number of aryl methyl sites for hydroxylation is 2. The van der Waals surface area contributed by atoms with Gasteiger partial charge in [-0.1, -0.05) is 17.7 Å². The van der Waals surface area contributed by atoms with Gasteiger partial charge in [-0.15, -0.1) is 0 Å². The van der Waals surface area contributed by atoms with Crippen LogP contribution in [0.2, 0.25) is 0 Å². The third-order valence-electron chi connectivity index (χ3n) is 3.82. The third kappa shape index (κ3) is 3.97. The molecule has 1 aromatic heterocycles. The Morgan fingerprint density at radius 3 is 2.19 bits per heavy atom. The van der Waals surface area contributed by atoms with Gasteiger partial charge in [0.05, 0.1) is 11.4 Å². The normalized spacial score (nSPS) is 10.4. The smallest absolute Gasteiger partial charge is 0.256 e. The van der Waals surface area contributed by atoms with Crippen LogP contribution in [0.4, 0.5) is 11.5 Å². The zero-order valence-corrected chi connectivity index (χ0v) is 14.9. The van der Waals surface area contributed by atoms with Crippen molar-refractivity contribution < 1.29 is 9.59 Å². The van der Waals surface area contributed by atoms with Crippen molar-refractivity contribution >= 4 is 23.3 Å². The first kappa shape index (κ1) is 17.4. The highest BCUT2D eigenvalue weighted by Gasteiger charge is 2.12. The summed E-state index contributed by atoms with van der Waals surface area (Å²) in [7, 11) is 0. The SMILES string of the molecule is CC(=O)Nc1ccc(C(=O)Nc2cc(C)nn2-c2ccc(C)cc2)cc1. The van der Waals surface area contributed by atoms with E-state index in [0.717, 1.165) is 16.9 Å². The van der Waals surface area contributed by atoms with E-state index in [1.54, 1.807) is 28.9 Å². The summed E-state index contributed by atoms with van der Waals surface area (Å²) in [5, 5.41) is 10.0. The molecule has 2 aromatic carbocycles. The molecule has 6 heteroatoms. The molecule has 0 radical (unpaired) electrons. The van der Waals surface area contributed by atoms with Crippen LogP contribution in [-0.4, -0.2) is 21.6 Å². The van der Waals surface area contributed by atoms with Crippen LogP contribution < -0.4 is 10.6 Å². The number of amides is 2. The molecule has 0 fully saturated rings. The number of carbonyl (C=O) groups is 2. The number of anilines is 2. The molecule has 6 nitrogen and oxygen atoms in total. The molecule has 0 saturated carbocycles. The van der Waals surface area contributed by atoms with Crippen molar-refractivity contribution in [2.75, 3.05) is 10.6 Å². The highest BCUT2D eigenvalue weighted by atomic mass is 16.2. The maximum Gasteiger partial charge on any atom is 0.256 e. The quantitative estimate of drug-likeness (QED) is 0.755. The number of hydrogen-bond donors (Lipinski definition) is 2. The van der Waals surface area contributed by atoms with Crippen LogP contribution in [0.15, 0.2) is 54.6 Å². The molecule has 2 N–H and O–H groups in total. The lowest BCUT2D eigenvalue weighted by Crippen LogP contribution is -2.15. The summed E-state index contributed by atoms with van der Waals surface area (Å²) in [6.45, 7) is 5.34. The van der Waals surface area contributed by atoms with Crippen LogP contribution >= 0.6 is 0 Å². The summed E-state index contributed by atoms with van der Waals surface area (Å²) in [5.74, 6) is 0.203. The molecule has 26 heavy (non-hydrogen) atoms. The van der Waals surface area contributed by atoms with E-state index in [1.165, 1.54) is 6.92 Å². The fourth-order valence-electron chi connectivity index (χ4n) is 2.57. The summed E-state index contributed by atoms with van der Waals surface area (Å²) in [4.78, 5) is 23.6. The highest BCUT2D eigenvalue weighted by Crippen LogP contribution is 2.19. The maximum atomic E-state index is 12.6. The molecule has 0 atom stereocenters. The van der Waals surface area contributed by atoms with Crippen molar-refractivity contribution in [2.45, 2.75) is 20.8 Å². The van der Waals surface area contributed by atoms with Crippen LogP contribution in [-0.2, 0) is 4.79 Å². The molecule has 0 spiro atoms. The molecule has 0 saturated heterocycles. The van der Waals surface area contributed by atoms with Crippen LogP contribution in [0.1, 0.15) is 28.5 Å². The number of nitrogens with one attached hydrogen (secondary N) is 2. The van der Waals surface area contributed by atoms with Crippen molar-refractivity contribution in [1.82, 2.24) is 9.78 Å². The first-order chi connectivity index (χ1) is 12.4. The van der Waals surface area contributed by atoms with Crippen LogP contribution in [0, 0.1) is 13.8 Å². The van der Waals surface area contributed by atoms with Gasteiger partial charge < -0.3 is 10.6 Å². The Hall–Kier alpha value is -3.41. The largest absolute Gasteiger partial charge is 0.326 e. The minimum absolute atomic E-state index is 0.153. The summed E-state index contributed by atoms with van der Waals surface area (Å²) in [6.07, 6.45) is 0. The van der Waals surface area contributed by atoms with Gasteiger partial charge in [-0.25, -0.2) is 4.68 Å². The zero-order chi connectivity index (χ0) is 18.7. The Bertz CT molecular complexity index is 941. The molecule has 0 aliphatic rings. The van der Waals surface area contributed by atoms with Gasteiger partial charge in [0, 0.05) is 24.2 Å². The molecule has 2 amide bonds. The number of rotatable bonds is 4. The summed E-state index contributed by atoms with van der Waals surface area (Å²) < 4.78 is 1.71. The molecule has 132 valence electrons. The van der Waals surface area contributed by atoms with E-state index in [-0.39, 0.29) is 11.8 Å². The summed E-state index contributed by atoms with van der Waals surface area (Å²) in [5.41, 5.74) is 3.98. The monoisotopic (exact) mass is 348 g/mol. The second-order valence-corrected chi connectivity index (χ2v) is 6.13. The van der Waals surface area contributed by atoms with Gasteiger partial charge in [0.1, 0.15) is 5.82 Å².